The van der Waals surface area contributed by atoms with Gasteiger partial charge in [-0.15, -0.1) is 0 Å². The lowest BCUT2D eigenvalue weighted by molar-refractivity contribution is -0.137. The fraction of sp³-hybridized carbons (Fsp3) is 0.222. The first kappa shape index (κ1) is 16.8. The summed E-state index contributed by atoms with van der Waals surface area (Å²) in [4.78, 5) is 12.6. The van der Waals surface area contributed by atoms with E-state index in [0.717, 1.165) is 17.7 Å². The summed E-state index contributed by atoms with van der Waals surface area (Å²) >= 11 is 0. The number of carbonyl (C=O) groups is 1. The van der Waals surface area contributed by atoms with Crippen molar-refractivity contribution in [2.75, 3.05) is 0 Å². The highest BCUT2D eigenvalue weighted by molar-refractivity contribution is 6.01. The molecule has 0 fully saturated rings. The maximum Gasteiger partial charge on any atom is 0.416 e. The summed E-state index contributed by atoms with van der Waals surface area (Å²) in [5, 5.41) is 8.75. The van der Waals surface area contributed by atoms with E-state index in [9.17, 15) is 18.0 Å². The summed E-state index contributed by atoms with van der Waals surface area (Å²) in [6, 6.07) is 15.1. The summed E-state index contributed by atoms with van der Waals surface area (Å²) in [5.74, 6) is -0.812. The molecule has 0 bridgehead atoms. The Morgan fingerprint density at radius 2 is 1.65 bits per heavy atom. The van der Waals surface area contributed by atoms with E-state index in [1.54, 1.807) is 24.3 Å². The standard InChI is InChI=1S/C18H14F3NO/c19-18(20,21)15-10-8-14(9-11-15)17(23)16(7-4-12-22)13-5-2-1-3-6-13/h1-3,5-6,8-11,16H,4,7H2. The smallest absolute Gasteiger partial charge is 0.293 e. The number of rotatable bonds is 5. The Morgan fingerprint density at radius 1 is 1.04 bits per heavy atom. The molecule has 0 aromatic heterocycles. The topological polar surface area (TPSA) is 40.9 Å². The molecule has 0 amide bonds. The molecule has 0 spiro atoms. The van der Waals surface area contributed by atoms with Crippen molar-refractivity contribution < 1.29 is 18.0 Å². The quantitative estimate of drug-likeness (QED) is 0.730. The summed E-state index contributed by atoms with van der Waals surface area (Å²) in [6.07, 6.45) is -3.90. The summed E-state index contributed by atoms with van der Waals surface area (Å²) in [6.45, 7) is 0. The van der Waals surface area contributed by atoms with Crippen LogP contribution in [0, 0.1) is 11.3 Å². The summed E-state index contributed by atoms with van der Waals surface area (Å²) in [5.41, 5.74) is 0.180. The number of hydrogen-bond acceptors (Lipinski definition) is 2. The van der Waals surface area contributed by atoms with E-state index in [4.69, 9.17) is 5.26 Å². The van der Waals surface area contributed by atoms with Gasteiger partial charge in [-0.1, -0.05) is 42.5 Å². The average Bonchev–Trinajstić information content (AvgIpc) is 2.55. The molecule has 0 aliphatic rings. The summed E-state index contributed by atoms with van der Waals surface area (Å²) in [7, 11) is 0. The number of carbonyl (C=O) groups excluding carboxylic acids is 1. The zero-order chi connectivity index (χ0) is 16.9. The highest BCUT2D eigenvalue weighted by Crippen LogP contribution is 2.31. The fourth-order valence-corrected chi connectivity index (χ4v) is 2.37. The molecular formula is C18H14F3NO. The van der Waals surface area contributed by atoms with E-state index < -0.39 is 17.7 Å². The number of Topliss-reactive ketones (excluding diaryl/α,β-unsaturated/α-hetero) is 1. The van der Waals surface area contributed by atoms with Crippen molar-refractivity contribution in [3.05, 3.63) is 71.3 Å². The highest BCUT2D eigenvalue weighted by Gasteiger charge is 2.30. The minimum absolute atomic E-state index is 0.200. The minimum Gasteiger partial charge on any atom is -0.293 e. The van der Waals surface area contributed by atoms with Gasteiger partial charge in [-0.25, -0.2) is 0 Å². The molecule has 2 aromatic rings. The number of alkyl halides is 3. The number of halogens is 3. The highest BCUT2D eigenvalue weighted by atomic mass is 19.4. The number of ketones is 1. The number of benzene rings is 2. The second-order valence-corrected chi connectivity index (χ2v) is 5.10. The average molecular weight is 317 g/mol. The zero-order valence-electron chi connectivity index (χ0n) is 12.2. The van der Waals surface area contributed by atoms with Gasteiger partial charge in [0.05, 0.1) is 11.6 Å². The van der Waals surface area contributed by atoms with Gasteiger partial charge < -0.3 is 0 Å². The van der Waals surface area contributed by atoms with Gasteiger partial charge in [-0.2, -0.15) is 18.4 Å². The van der Waals surface area contributed by atoms with Crippen LogP contribution < -0.4 is 0 Å². The first-order valence-corrected chi connectivity index (χ1v) is 7.07. The SMILES string of the molecule is N#CCCC(C(=O)c1ccc(C(F)(F)F)cc1)c1ccccc1. The number of nitrogens with zero attached hydrogens (tertiary/aromatic N) is 1. The van der Waals surface area contributed by atoms with Crippen LogP contribution in [0.25, 0.3) is 0 Å². The van der Waals surface area contributed by atoms with Crippen molar-refractivity contribution in [1.29, 1.82) is 5.26 Å². The second-order valence-electron chi connectivity index (χ2n) is 5.10. The van der Waals surface area contributed by atoms with E-state index >= 15 is 0 Å². The largest absolute Gasteiger partial charge is 0.416 e. The van der Waals surface area contributed by atoms with E-state index in [0.29, 0.717) is 6.42 Å². The Bertz CT molecular complexity index is 700. The Kier molecular flexibility index (Phi) is 5.17. The van der Waals surface area contributed by atoms with Crippen LogP contribution in [0.5, 0.6) is 0 Å². The lowest BCUT2D eigenvalue weighted by Crippen LogP contribution is -2.14. The van der Waals surface area contributed by atoms with E-state index in [1.165, 1.54) is 12.1 Å². The second kappa shape index (κ2) is 7.10. The van der Waals surface area contributed by atoms with Gasteiger partial charge in [-0.05, 0) is 24.1 Å². The summed E-state index contributed by atoms with van der Waals surface area (Å²) < 4.78 is 37.8. The van der Waals surface area contributed by atoms with E-state index in [2.05, 4.69) is 0 Å². The third kappa shape index (κ3) is 4.19. The van der Waals surface area contributed by atoms with Crippen molar-refractivity contribution in [1.82, 2.24) is 0 Å². The molecule has 0 heterocycles. The molecule has 2 rings (SSSR count). The first-order chi connectivity index (χ1) is 10.9. The number of nitriles is 1. The molecule has 2 nitrogen and oxygen atoms in total. The lowest BCUT2D eigenvalue weighted by atomic mass is 9.87. The molecule has 1 atom stereocenters. The molecule has 1 unspecified atom stereocenters. The molecule has 0 N–H and O–H groups in total. The molecule has 0 saturated heterocycles. The van der Waals surface area contributed by atoms with Crippen molar-refractivity contribution in [3.63, 3.8) is 0 Å². The molecular weight excluding hydrogens is 303 g/mol. The van der Waals surface area contributed by atoms with Crippen molar-refractivity contribution in [2.24, 2.45) is 0 Å². The minimum atomic E-state index is -4.43. The monoisotopic (exact) mass is 317 g/mol. The van der Waals surface area contributed by atoms with Gasteiger partial charge in [0.15, 0.2) is 5.78 Å². The van der Waals surface area contributed by atoms with Crippen LogP contribution in [-0.2, 0) is 6.18 Å². The maximum absolute atomic E-state index is 12.6. The van der Waals surface area contributed by atoms with Crippen LogP contribution in [0.2, 0.25) is 0 Å². The van der Waals surface area contributed by atoms with Crippen LogP contribution in [0.15, 0.2) is 54.6 Å². The van der Waals surface area contributed by atoms with Crippen LogP contribution in [0.1, 0.15) is 40.2 Å². The van der Waals surface area contributed by atoms with Crippen LogP contribution in [0.3, 0.4) is 0 Å². The Hall–Kier alpha value is -2.61. The zero-order valence-corrected chi connectivity index (χ0v) is 12.2. The van der Waals surface area contributed by atoms with Gasteiger partial charge in [0.25, 0.3) is 0 Å². The van der Waals surface area contributed by atoms with E-state index in [-0.39, 0.29) is 17.8 Å². The third-order valence-corrected chi connectivity index (χ3v) is 3.56. The Labute approximate surface area is 132 Å². The maximum atomic E-state index is 12.6. The first-order valence-electron chi connectivity index (χ1n) is 7.07. The van der Waals surface area contributed by atoms with Crippen LogP contribution >= 0.6 is 0 Å². The van der Waals surface area contributed by atoms with Gasteiger partial charge in [0, 0.05) is 17.9 Å². The Balaban J connectivity index is 2.29. The molecule has 0 radical (unpaired) electrons. The molecule has 0 aliphatic heterocycles. The van der Waals surface area contributed by atoms with Gasteiger partial charge in [-0.3, -0.25) is 4.79 Å². The molecule has 5 heteroatoms. The van der Waals surface area contributed by atoms with E-state index in [1.807, 2.05) is 12.1 Å². The molecule has 2 aromatic carbocycles. The van der Waals surface area contributed by atoms with Gasteiger partial charge in [0.2, 0.25) is 0 Å². The van der Waals surface area contributed by atoms with Crippen LogP contribution in [-0.4, -0.2) is 5.78 Å². The lowest BCUT2D eigenvalue weighted by Gasteiger charge is -2.15. The van der Waals surface area contributed by atoms with Crippen molar-refractivity contribution in [3.8, 4) is 6.07 Å². The molecule has 23 heavy (non-hydrogen) atoms. The number of hydrogen-bond donors (Lipinski definition) is 0. The normalized spacial score (nSPS) is 12.4. The van der Waals surface area contributed by atoms with Crippen LogP contribution in [0.4, 0.5) is 13.2 Å². The van der Waals surface area contributed by atoms with Crippen molar-refractivity contribution in [2.45, 2.75) is 24.9 Å². The molecule has 118 valence electrons. The predicted octanol–water partition coefficient (Wildman–Crippen LogP) is 4.98. The van der Waals surface area contributed by atoms with Gasteiger partial charge in [0.1, 0.15) is 0 Å². The molecule has 0 aliphatic carbocycles. The fourth-order valence-electron chi connectivity index (χ4n) is 2.37. The molecule has 0 saturated carbocycles. The van der Waals surface area contributed by atoms with Crippen molar-refractivity contribution >= 4 is 5.78 Å². The third-order valence-electron chi connectivity index (χ3n) is 3.56. The van der Waals surface area contributed by atoms with Gasteiger partial charge >= 0.3 is 6.18 Å². The predicted molar refractivity (Wildman–Crippen MR) is 79.8 cm³/mol. The Morgan fingerprint density at radius 3 is 2.17 bits per heavy atom.